The third kappa shape index (κ3) is 14.5. The number of anilines is 1. The highest BCUT2D eigenvalue weighted by Gasteiger charge is 2.52. The molecular weight excluding hydrogens is 737 g/mol. The predicted octanol–water partition coefficient (Wildman–Crippen LogP) is 7.44. The van der Waals surface area contributed by atoms with Crippen molar-refractivity contribution in [2.24, 2.45) is 0 Å². The van der Waals surface area contributed by atoms with Gasteiger partial charge >= 0.3 is 7.82 Å². The van der Waals surface area contributed by atoms with Crippen molar-refractivity contribution < 1.29 is 37.8 Å². The third-order valence-corrected chi connectivity index (χ3v) is 11.0. The lowest BCUT2D eigenvalue weighted by Gasteiger charge is -2.24. The van der Waals surface area contributed by atoms with E-state index in [4.69, 9.17) is 29.0 Å². The van der Waals surface area contributed by atoms with E-state index in [2.05, 4.69) is 22.0 Å². The van der Waals surface area contributed by atoms with Crippen LogP contribution < -0.4 is 5.73 Å². The molecule has 56 heavy (non-hydrogen) atoms. The van der Waals surface area contributed by atoms with Gasteiger partial charge in [0.1, 0.15) is 41.9 Å². The molecular formula is C40H60N7O8P. The van der Waals surface area contributed by atoms with E-state index in [0.717, 1.165) is 19.3 Å². The van der Waals surface area contributed by atoms with Gasteiger partial charge in [0.05, 0.1) is 43.9 Å². The summed E-state index contributed by atoms with van der Waals surface area (Å²) in [5.41, 5.74) is 5.52. The molecule has 0 aliphatic carbocycles. The van der Waals surface area contributed by atoms with Gasteiger partial charge < -0.3 is 29.9 Å². The number of pyridine rings is 1. The highest BCUT2D eigenvalue weighted by atomic mass is 31.2. The Hall–Kier alpha value is -3.50. The zero-order chi connectivity index (χ0) is 40.1. The Labute approximate surface area is 331 Å². The summed E-state index contributed by atoms with van der Waals surface area (Å²) in [6, 6.07) is 12.2. The fourth-order valence-corrected chi connectivity index (χ4v) is 7.64. The molecule has 5 atom stereocenters. The number of ether oxygens (including phenoxy) is 3. The molecule has 0 bridgehead atoms. The van der Waals surface area contributed by atoms with Gasteiger partial charge in [-0.15, -0.1) is 0 Å². The number of aromatic nitrogens is 4. The lowest BCUT2D eigenvalue weighted by molar-refractivity contribution is -0.0676. The lowest BCUT2D eigenvalue weighted by Crippen LogP contribution is -2.36. The van der Waals surface area contributed by atoms with Crippen LogP contribution in [0.5, 0.6) is 0 Å². The van der Waals surface area contributed by atoms with Gasteiger partial charge in [-0.05, 0) is 30.7 Å². The van der Waals surface area contributed by atoms with E-state index in [1.807, 2.05) is 12.1 Å². The number of aliphatic hydroxyl groups is 1. The summed E-state index contributed by atoms with van der Waals surface area (Å²) in [5.74, 6) is 0.185. The second-order valence-corrected chi connectivity index (χ2v) is 16.0. The SMILES string of the molecule is CCCCCCCCCCCCCCCCCCOC[C@H](COP(=O)(O)OC[C@@H]1C[C@@H](O)[C@](C#N)(c2ccc3c(N)ncnn23)O1)OCc1cccc(C#N)n1. The zero-order valence-electron chi connectivity index (χ0n) is 32.8. The van der Waals surface area contributed by atoms with Crippen molar-refractivity contribution in [3.63, 3.8) is 0 Å². The van der Waals surface area contributed by atoms with Gasteiger partial charge in [-0.2, -0.15) is 15.6 Å². The first-order valence-electron chi connectivity index (χ1n) is 20.2. The molecule has 308 valence electrons. The average molecular weight is 798 g/mol. The number of nitrogen functional groups attached to an aromatic ring is 1. The van der Waals surface area contributed by atoms with E-state index >= 15 is 0 Å². The summed E-state index contributed by atoms with van der Waals surface area (Å²) in [5, 5.41) is 34.4. The second kappa shape index (κ2) is 24.3. The fourth-order valence-electron chi connectivity index (χ4n) is 6.86. The summed E-state index contributed by atoms with van der Waals surface area (Å²) in [6.45, 7) is 2.11. The van der Waals surface area contributed by atoms with E-state index in [-0.39, 0.29) is 43.4 Å². The van der Waals surface area contributed by atoms with Crippen LogP contribution in [0.1, 0.15) is 133 Å². The molecule has 1 unspecified atom stereocenters. The predicted molar refractivity (Wildman–Crippen MR) is 210 cm³/mol. The normalized spacial score (nSPS) is 19.8. The van der Waals surface area contributed by atoms with E-state index in [1.54, 1.807) is 30.3 Å². The van der Waals surface area contributed by atoms with E-state index in [9.17, 15) is 25.1 Å². The first-order valence-corrected chi connectivity index (χ1v) is 21.7. The van der Waals surface area contributed by atoms with Crippen molar-refractivity contribution >= 4 is 19.2 Å². The van der Waals surface area contributed by atoms with Gasteiger partial charge in [0, 0.05) is 13.0 Å². The van der Waals surface area contributed by atoms with Crippen LogP contribution in [-0.2, 0) is 40.0 Å². The topological polar surface area (TPSA) is 220 Å². The largest absolute Gasteiger partial charge is 0.472 e. The van der Waals surface area contributed by atoms with Crippen molar-refractivity contribution in [3.05, 3.63) is 53.7 Å². The Balaban J connectivity index is 1.16. The average Bonchev–Trinajstić information content (AvgIpc) is 3.79. The van der Waals surface area contributed by atoms with E-state index in [0.29, 0.717) is 17.8 Å². The Bertz CT molecular complexity index is 1730. The Morgan fingerprint density at radius 1 is 0.964 bits per heavy atom. The Morgan fingerprint density at radius 3 is 2.27 bits per heavy atom. The van der Waals surface area contributed by atoms with Crippen molar-refractivity contribution in [2.75, 3.05) is 32.2 Å². The minimum Gasteiger partial charge on any atom is -0.388 e. The Morgan fingerprint density at radius 2 is 1.62 bits per heavy atom. The molecule has 0 aromatic carbocycles. The summed E-state index contributed by atoms with van der Waals surface area (Å²) in [7, 11) is -4.64. The molecule has 16 heteroatoms. The smallest absolute Gasteiger partial charge is 0.388 e. The van der Waals surface area contributed by atoms with Crippen molar-refractivity contribution in [2.45, 2.75) is 147 Å². The lowest BCUT2D eigenvalue weighted by atomic mass is 9.94. The molecule has 4 N–H and O–H groups in total. The monoisotopic (exact) mass is 797 g/mol. The van der Waals surface area contributed by atoms with E-state index in [1.165, 1.54) is 94.3 Å². The summed E-state index contributed by atoms with van der Waals surface area (Å²) >= 11 is 0. The maximum atomic E-state index is 13.0. The van der Waals surface area contributed by atoms with Gasteiger partial charge in [-0.1, -0.05) is 109 Å². The maximum absolute atomic E-state index is 13.0. The maximum Gasteiger partial charge on any atom is 0.472 e. The number of nitrogens with zero attached hydrogens (tertiary/aromatic N) is 6. The number of phosphoric acid groups is 1. The van der Waals surface area contributed by atoms with Crippen LogP contribution in [0.3, 0.4) is 0 Å². The van der Waals surface area contributed by atoms with Crippen molar-refractivity contribution in [3.8, 4) is 12.1 Å². The number of nitrogens with two attached hydrogens (primary N) is 1. The molecule has 1 aliphatic heterocycles. The number of nitriles is 2. The number of aliphatic hydroxyl groups excluding tert-OH is 1. The van der Waals surface area contributed by atoms with Crippen LogP contribution in [0.15, 0.2) is 36.7 Å². The molecule has 0 radical (unpaired) electrons. The molecule has 0 spiro atoms. The number of unbranched alkanes of at least 4 members (excludes halogenated alkanes) is 15. The van der Waals surface area contributed by atoms with Crippen LogP contribution in [0.2, 0.25) is 0 Å². The molecule has 3 aromatic heterocycles. The van der Waals surface area contributed by atoms with Crippen molar-refractivity contribution in [1.29, 1.82) is 10.5 Å². The first kappa shape index (κ1) is 45.2. The summed E-state index contributed by atoms with van der Waals surface area (Å²) in [4.78, 5) is 18.7. The quantitative estimate of drug-likeness (QED) is 0.0459. The molecule has 0 saturated carbocycles. The van der Waals surface area contributed by atoms with Gasteiger partial charge in [0.25, 0.3) is 0 Å². The minimum absolute atomic E-state index is 0.0254. The molecule has 3 aromatic rings. The first-order chi connectivity index (χ1) is 27.2. The van der Waals surface area contributed by atoms with Crippen LogP contribution >= 0.6 is 7.82 Å². The molecule has 1 fully saturated rings. The summed E-state index contributed by atoms with van der Waals surface area (Å²) in [6.07, 6.45) is 18.7. The molecule has 1 saturated heterocycles. The van der Waals surface area contributed by atoms with Gasteiger partial charge in [-0.3, -0.25) is 9.05 Å². The Kier molecular flexibility index (Phi) is 19.6. The number of hydrogen-bond acceptors (Lipinski definition) is 13. The van der Waals surface area contributed by atoms with Crippen LogP contribution in [0.4, 0.5) is 5.82 Å². The van der Waals surface area contributed by atoms with Gasteiger partial charge in [0.2, 0.25) is 5.60 Å². The molecule has 4 rings (SSSR count). The number of fused-ring (bicyclic) bond motifs is 1. The van der Waals surface area contributed by atoms with E-state index < -0.39 is 38.3 Å². The zero-order valence-corrected chi connectivity index (χ0v) is 33.7. The standard InChI is InChI=1S/C40H60N7O8P/c1-2-3-4-5-6-7-8-9-10-11-12-13-14-15-16-17-23-51-27-35(52-26-33-20-18-19-32(25-41)46-33)29-54-56(49,50)53-28-34-24-38(48)40(30-42,55-34)37-22-21-36-39(43)44-31-45-47(36)37/h18-22,31,34-35,38,48H,2-17,23-24,26-29H2,1H3,(H,49,50)(H2,43,44,45)/t34-,35+,38+,40-/m0/s1. The minimum atomic E-state index is -4.64. The van der Waals surface area contributed by atoms with Crippen LogP contribution in [-0.4, -0.2) is 74.3 Å². The van der Waals surface area contributed by atoms with Gasteiger partial charge in [0.15, 0.2) is 5.82 Å². The molecule has 15 nitrogen and oxygen atoms in total. The van der Waals surface area contributed by atoms with Crippen LogP contribution in [0, 0.1) is 22.7 Å². The molecule has 1 aliphatic rings. The highest BCUT2D eigenvalue weighted by molar-refractivity contribution is 7.47. The third-order valence-electron chi connectivity index (χ3n) is 10.0. The second-order valence-electron chi connectivity index (χ2n) is 14.5. The van der Waals surface area contributed by atoms with Crippen molar-refractivity contribution in [1.82, 2.24) is 19.6 Å². The summed E-state index contributed by atoms with van der Waals surface area (Å²) < 4.78 is 42.7. The fraction of sp³-hybridized carbons (Fsp3) is 0.675. The van der Waals surface area contributed by atoms with Crippen LogP contribution in [0.25, 0.3) is 5.52 Å². The van der Waals surface area contributed by atoms with Gasteiger partial charge in [-0.25, -0.2) is 19.0 Å². The molecule has 4 heterocycles. The highest BCUT2D eigenvalue weighted by Crippen LogP contribution is 2.46. The number of rotatable bonds is 29. The number of phosphoric ester groups is 1. The number of hydrogen-bond donors (Lipinski definition) is 3. The molecule has 0 amide bonds.